The molecule has 4 nitrogen and oxygen atoms in total. The van der Waals surface area contributed by atoms with Crippen molar-refractivity contribution in [3.63, 3.8) is 0 Å². The lowest BCUT2D eigenvalue weighted by Crippen LogP contribution is -2.34. The van der Waals surface area contributed by atoms with Crippen molar-refractivity contribution in [2.24, 2.45) is 5.41 Å². The third kappa shape index (κ3) is 4.09. The van der Waals surface area contributed by atoms with Crippen LogP contribution in [0.5, 0.6) is 0 Å². The van der Waals surface area contributed by atoms with E-state index in [0.717, 1.165) is 25.7 Å². The highest BCUT2D eigenvalue weighted by Gasteiger charge is 2.31. The Kier molecular flexibility index (Phi) is 4.84. The lowest BCUT2D eigenvalue weighted by molar-refractivity contribution is -0.122. The van der Waals surface area contributed by atoms with Gasteiger partial charge < -0.3 is 9.88 Å². The second-order valence-electron chi connectivity index (χ2n) is 6.83. The van der Waals surface area contributed by atoms with Crippen molar-refractivity contribution in [2.75, 3.05) is 0 Å². The highest BCUT2D eigenvalue weighted by molar-refractivity contribution is 5.76. The first-order valence-electron chi connectivity index (χ1n) is 7.77. The first-order valence-corrected chi connectivity index (χ1v) is 7.77. The minimum absolute atomic E-state index is 0.180. The molecular formula is C16H27N3O. The van der Waals surface area contributed by atoms with Crippen LogP contribution in [-0.4, -0.2) is 21.5 Å². The summed E-state index contributed by atoms with van der Waals surface area (Å²) in [6.45, 7) is 6.72. The highest BCUT2D eigenvalue weighted by Crippen LogP contribution is 2.37. The van der Waals surface area contributed by atoms with Crippen LogP contribution in [0.25, 0.3) is 0 Å². The van der Waals surface area contributed by atoms with Gasteiger partial charge in [0.2, 0.25) is 5.91 Å². The van der Waals surface area contributed by atoms with Crippen molar-refractivity contribution in [3.8, 4) is 0 Å². The van der Waals surface area contributed by atoms with Crippen LogP contribution >= 0.6 is 0 Å². The summed E-state index contributed by atoms with van der Waals surface area (Å²) in [4.78, 5) is 16.3. The van der Waals surface area contributed by atoms with Gasteiger partial charge in [-0.2, -0.15) is 0 Å². The predicted octanol–water partition coefficient (Wildman–Crippen LogP) is 3.31. The van der Waals surface area contributed by atoms with E-state index in [9.17, 15) is 4.79 Å². The van der Waals surface area contributed by atoms with Gasteiger partial charge in [0.05, 0.1) is 6.33 Å². The Morgan fingerprint density at radius 3 is 2.90 bits per heavy atom. The second kappa shape index (κ2) is 6.42. The summed E-state index contributed by atoms with van der Waals surface area (Å²) < 4.78 is 2.06. The summed E-state index contributed by atoms with van der Waals surface area (Å²) in [5.74, 6) is 0.180. The van der Waals surface area contributed by atoms with E-state index in [1.165, 1.54) is 6.42 Å². The minimum atomic E-state index is 0.180. The molecule has 1 aliphatic carbocycles. The Morgan fingerprint density at radius 2 is 2.35 bits per heavy atom. The zero-order chi connectivity index (χ0) is 14.6. The third-order valence-electron chi connectivity index (χ3n) is 4.32. The summed E-state index contributed by atoms with van der Waals surface area (Å²) in [5.41, 5.74) is 0.380. The molecule has 2 unspecified atom stereocenters. The molecule has 0 spiro atoms. The number of carbonyl (C=O) groups is 1. The smallest absolute Gasteiger partial charge is 0.222 e. The number of rotatable bonds is 6. The molecule has 2 atom stereocenters. The van der Waals surface area contributed by atoms with Crippen LogP contribution in [0.3, 0.4) is 0 Å². The van der Waals surface area contributed by atoms with Gasteiger partial charge in [-0.15, -0.1) is 0 Å². The summed E-state index contributed by atoms with van der Waals surface area (Å²) in [6, 6.07) is 0.597. The van der Waals surface area contributed by atoms with E-state index in [-0.39, 0.29) is 11.9 Å². The Bertz CT molecular complexity index is 425. The van der Waals surface area contributed by atoms with Gasteiger partial charge in [-0.1, -0.05) is 27.2 Å². The molecule has 1 amide bonds. The molecule has 1 saturated carbocycles. The molecule has 1 heterocycles. The zero-order valence-corrected chi connectivity index (χ0v) is 12.9. The Balaban J connectivity index is 1.86. The Hall–Kier alpha value is -1.32. The van der Waals surface area contributed by atoms with Crippen LogP contribution < -0.4 is 5.32 Å². The Labute approximate surface area is 122 Å². The highest BCUT2D eigenvalue weighted by atomic mass is 16.1. The summed E-state index contributed by atoms with van der Waals surface area (Å²) >= 11 is 0. The van der Waals surface area contributed by atoms with Gasteiger partial charge in [-0.05, 0) is 31.1 Å². The van der Waals surface area contributed by atoms with Crippen molar-refractivity contribution in [1.82, 2.24) is 14.9 Å². The van der Waals surface area contributed by atoms with Gasteiger partial charge in [0, 0.05) is 30.9 Å². The van der Waals surface area contributed by atoms with E-state index >= 15 is 0 Å². The maximum Gasteiger partial charge on any atom is 0.222 e. The number of aromatic nitrogens is 2. The van der Waals surface area contributed by atoms with Crippen molar-refractivity contribution < 1.29 is 4.79 Å². The van der Waals surface area contributed by atoms with Crippen LogP contribution in [0.2, 0.25) is 0 Å². The number of amides is 1. The van der Waals surface area contributed by atoms with Crippen LogP contribution in [0.15, 0.2) is 18.7 Å². The SMILES string of the molecule is CCCC(CC(=O)NC1CCC(C)(C)C1)n1ccnc1. The van der Waals surface area contributed by atoms with Crippen molar-refractivity contribution >= 4 is 5.91 Å². The molecule has 1 aromatic rings. The largest absolute Gasteiger partial charge is 0.353 e. The van der Waals surface area contributed by atoms with Gasteiger partial charge in [0.15, 0.2) is 0 Å². The molecule has 1 aromatic heterocycles. The molecule has 1 N–H and O–H groups in total. The van der Waals surface area contributed by atoms with Crippen LogP contribution in [0, 0.1) is 5.41 Å². The molecule has 1 aliphatic rings. The molecule has 0 radical (unpaired) electrons. The molecule has 20 heavy (non-hydrogen) atoms. The zero-order valence-electron chi connectivity index (χ0n) is 12.9. The van der Waals surface area contributed by atoms with E-state index in [4.69, 9.17) is 0 Å². The predicted molar refractivity (Wildman–Crippen MR) is 80.4 cm³/mol. The van der Waals surface area contributed by atoms with E-state index in [1.807, 2.05) is 12.5 Å². The molecular weight excluding hydrogens is 250 g/mol. The standard InChI is InChI=1S/C16H27N3O/c1-4-5-14(19-9-8-17-12-19)10-15(20)18-13-6-7-16(2,3)11-13/h8-9,12-14H,4-7,10-11H2,1-3H3,(H,18,20). The molecule has 1 fully saturated rings. The molecule has 4 heteroatoms. The molecule has 2 rings (SSSR count). The van der Waals surface area contributed by atoms with E-state index in [2.05, 4.69) is 35.6 Å². The Morgan fingerprint density at radius 1 is 1.55 bits per heavy atom. The fourth-order valence-corrected chi connectivity index (χ4v) is 3.24. The maximum atomic E-state index is 12.2. The average Bonchev–Trinajstić information content (AvgIpc) is 2.98. The van der Waals surface area contributed by atoms with Gasteiger partial charge >= 0.3 is 0 Å². The van der Waals surface area contributed by atoms with Gasteiger partial charge in [0.1, 0.15) is 0 Å². The molecule has 112 valence electrons. The van der Waals surface area contributed by atoms with E-state index in [1.54, 1.807) is 6.20 Å². The molecule has 0 saturated heterocycles. The normalized spacial score (nSPS) is 22.6. The number of imidazole rings is 1. The fraction of sp³-hybridized carbons (Fsp3) is 0.750. The van der Waals surface area contributed by atoms with Crippen LogP contribution in [-0.2, 0) is 4.79 Å². The molecule has 0 bridgehead atoms. The number of nitrogens with zero attached hydrogens (tertiary/aromatic N) is 2. The van der Waals surface area contributed by atoms with E-state index in [0.29, 0.717) is 17.9 Å². The quantitative estimate of drug-likeness (QED) is 0.867. The summed E-state index contributed by atoms with van der Waals surface area (Å²) in [7, 11) is 0. The van der Waals surface area contributed by atoms with Gasteiger partial charge in [-0.25, -0.2) is 4.98 Å². The number of hydrogen-bond donors (Lipinski definition) is 1. The maximum absolute atomic E-state index is 12.2. The number of carbonyl (C=O) groups excluding carboxylic acids is 1. The van der Waals surface area contributed by atoms with E-state index < -0.39 is 0 Å². The number of hydrogen-bond acceptors (Lipinski definition) is 2. The first kappa shape index (κ1) is 15.1. The van der Waals surface area contributed by atoms with Crippen LogP contribution in [0.1, 0.15) is 65.3 Å². The number of nitrogens with one attached hydrogen (secondary N) is 1. The monoisotopic (exact) mass is 277 g/mol. The lowest BCUT2D eigenvalue weighted by Gasteiger charge is -2.20. The summed E-state index contributed by atoms with van der Waals surface area (Å²) in [6.07, 6.45) is 11.6. The topological polar surface area (TPSA) is 46.9 Å². The van der Waals surface area contributed by atoms with Gasteiger partial charge in [-0.3, -0.25) is 4.79 Å². The first-order chi connectivity index (χ1) is 9.50. The van der Waals surface area contributed by atoms with Gasteiger partial charge in [0.25, 0.3) is 0 Å². The lowest BCUT2D eigenvalue weighted by atomic mass is 9.92. The fourth-order valence-electron chi connectivity index (χ4n) is 3.24. The van der Waals surface area contributed by atoms with Crippen molar-refractivity contribution in [3.05, 3.63) is 18.7 Å². The minimum Gasteiger partial charge on any atom is -0.353 e. The average molecular weight is 277 g/mol. The van der Waals surface area contributed by atoms with Crippen molar-refractivity contribution in [1.29, 1.82) is 0 Å². The third-order valence-corrected chi connectivity index (χ3v) is 4.32. The summed E-state index contributed by atoms with van der Waals surface area (Å²) in [5, 5.41) is 3.21. The molecule has 0 aromatic carbocycles. The second-order valence-corrected chi connectivity index (χ2v) is 6.83. The molecule has 0 aliphatic heterocycles. The van der Waals surface area contributed by atoms with Crippen molar-refractivity contribution in [2.45, 2.75) is 71.4 Å². The van der Waals surface area contributed by atoms with Crippen LogP contribution in [0.4, 0.5) is 0 Å².